The molecule has 0 saturated carbocycles. The van der Waals surface area contributed by atoms with Crippen molar-refractivity contribution in [2.24, 2.45) is 0 Å². The van der Waals surface area contributed by atoms with E-state index >= 15 is 0 Å². The summed E-state index contributed by atoms with van der Waals surface area (Å²) in [4.78, 5) is 11.0. The summed E-state index contributed by atoms with van der Waals surface area (Å²) in [5.74, 6) is -1.26. The summed E-state index contributed by atoms with van der Waals surface area (Å²) in [6, 6.07) is 1.63. The SMILES string of the molecule is C[C@H](Oc1cc(Br)c(F)cc1C(=O)Cl)C(F)(F)F. The topological polar surface area (TPSA) is 26.3 Å². The molecule has 0 spiro atoms. The van der Waals surface area contributed by atoms with Crippen molar-refractivity contribution < 1.29 is 27.1 Å². The fourth-order valence-electron chi connectivity index (χ4n) is 1.04. The van der Waals surface area contributed by atoms with Crippen LogP contribution in [0, 0.1) is 5.82 Å². The predicted molar refractivity (Wildman–Crippen MR) is 60.4 cm³/mol. The number of hydrogen-bond acceptors (Lipinski definition) is 2. The fraction of sp³-hybridized carbons (Fsp3) is 0.300. The second-order valence-corrected chi connectivity index (χ2v) is 4.54. The Morgan fingerprint density at radius 2 is 2.00 bits per heavy atom. The summed E-state index contributed by atoms with van der Waals surface area (Å²) in [5.41, 5.74) is -0.464. The van der Waals surface area contributed by atoms with Gasteiger partial charge >= 0.3 is 6.18 Å². The van der Waals surface area contributed by atoms with Crippen molar-refractivity contribution >= 4 is 32.8 Å². The van der Waals surface area contributed by atoms with Crippen LogP contribution in [-0.4, -0.2) is 17.5 Å². The van der Waals surface area contributed by atoms with Gasteiger partial charge in [0.05, 0.1) is 10.0 Å². The van der Waals surface area contributed by atoms with Crippen LogP contribution in [-0.2, 0) is 0 Å². The molecule has 2 nitrogen and oxygen atoms in total. The van der Waals surface area contributed by atoms with Crippen molar-refractivity contribution in [1.82, 2.24) is 0 Å². The van der Waals surface area contributed by atoms with Gasteiger partial charge in [-0.25, -0.2) is 4.39 Å². The largest absolute Gasteiger partial charge is 0.480 e. The van der Waals surface area contributed by atoms with Gasteiger partial charge in [-0.15, -0.1) is 0 Å². The number of ether oxygens (including phenoxy) is 1. The van der Waals surface area contributed by atoms with Crippen molar-refractivity contribution in [1.29, 1.82) is 0 Å². The van der Waals surface area contributed by atoms with Gasteiger partial charge in [-0.3, -0.25) is 4.79 Å². The van der Waals surface area contributed by atoms with Gasteiger partial charge in [0.2, 0.25) is 0 Å². The molecule has 0 amide bonds. The molecule has 8 heteroatoms. The van der Waals surface area contributed by atoms with Gasteiger partial charge in [-0.1, -0.05) is 0 Å². The average molecular weight is 350 g/mol. The Morgan fingerprint density at radius 1 is 1.44 bits per heavy atom. The number of rotatable bonds is 3. The van der Waals surface area contributed by atoms with Crippen molar-refractivity contribution in [2.75, 3.05) is 0 Å². The molecule has 0 bridgehead atoms. The van der Waals surface area contributed by atoms with Gasteiger partial charge in [0.1, 0.15) is 11.6 Å². The lowest BCUT2D eigenvalue weighted by Gasteiger charge is -2.19. The third-order valence-corrected chi connectivity index (χ3v) is 2.81. The molecule has 0 heterocycles. The van der Waals surface area contributed by atoms with E-state index in [4.69, 9.17) is 11.6 Å². The lowest BCUT2D eigenvalue weighted by atomic mass is 10.2. The molecular weight excluding hydrogens is 343 g/mol. The van der Waals surface area contributed by atoms with Crippen molar-refractivity contribution in [3.8, 4) is 5.75 Å². The predicted octanol–water partition coefficient (Wildman–Crippen LogP) is 4.30. The molecule has 1 aromatic rings. The monoisotopic (exact) mass is 348 g/mol. The maximum absolute atomic E-state index is 13.2. The summed E-state index contributed by atoms with van der Waals surface area (Å²) in [7, 11) is 0. The number of alkyl halides is 3. The van der Waals surface area contributed by atoms with Crippen molar-refractivity contribution in [2.45, 2.75) is 19.2 Å². The highest BCUT2D eigenvalue weighted by molar-refractivity contribution is 9.10. The minimum absolute atomic E-state index is 0.131. The Bertz CT molecular complexity index is 476. The highest BCUT2D eigenvalue weighted by Gasteiger charge is 2.38. The average Bonchev–Trinajstić information content (AvgIpc) is 2.21. The Balaban J connectivity index is 3.15. The Kier molecular flexibility index (Phi) is 4.61. The van der Waals surface area contributed by atoms with Crippen LogP contribution >= 0.6 is 27.5 Å². The van der Waals surface area contributed by atoms with E-state index in [1.165, 1.54) is 0 Å². The molecular formula is C10H6BrClF4O2. The highest BCUT2D eigenvalue weighted by Crippen LogP contribution is 2.31. The number of hydrogen-bond donors (Lipinski definition) is 0. The van der Waals surface area contributed by atoms with E-state index in [0.717, 1.165) is 13.0 Å². The van der Waals surface area contributed by atoms with Gasteiger partial charge in [-0.05, 0) is 46.6 Å². The molecule has 0 aliphatic rings. The molecule has 18 heavy (non-hydrogen) atoms. The molecule has 1 aromatic carbocycles. The number of halogens is 6. The maximum atomic E-state index is 13.2. The molecule has 1 rings (SSSR count). The van der Waals surface area contributed by atoms with E-state index in [1.807, 2.05) is 0 Å². The first kappa shape index (κ1) is 15.2. The molecule has 0 N–H and O–H groups in total. The minimum Gasteiger partial charge on any atom is -0.480 e. The lowest BCUT2D eigenvalue weighted by molar-refractivity contribution is -0.189. The van der Waals surface area contributed by atoms with Gasteiger partial charge in [0.25, 0.3) is 5.24 Å². The van der Waals surface area contributed by atoms with Gasteiger partial charge < -0.3 is 4.74 Å². The summed E-state index contributed by atoms with van der Waals surface area (Å²) >= 11 is 7.93. The van der Waals surface area contributed by atoms with Crippen LogP contribution in [0.25, 0.3) is 0 Å². The zero-order valence-corrected chi connectivity index (χ0v) is 11.2. The second kappa shape index (κ2) is 5.44. The third-order valence-electron chi connectivity index (χ3n) is 2.00. The lowest BCUT2D eigenvalue weighted by Crippen LogP contribution is -2.31. The quantitative estimate of drug-likeness (QED) is 0.601. The Morgan fingerprint density at radius 3 is 2.44 bits per heavy atom. The summed E-state index contributed by atoms with van der Waals surface area (Å²) in [5, 5.41) is -1.11. The molecule has 0 saturated heterocycles. The van der Waals surface area contributed by atoms with Crippen LogP contribution in [0.2, 0.25) is 0 Å². The standard InChI is InChI=1S/C10H6BrClF4O2/c1-4(10(14,15)16)18-8-3-6(11)7(13)2-5(8)9(12)17/h2-4H,1H3/t4-/m0/s1. The summed E-state index contributed by atoms with van der Waals surface area (Å²) < 4.78 is 54.6. The van der Waals surface area contributed by atoms with E-state index in [-0.39, 0.29) is 4.47 Å². The van der Waals surface area contributed by atoms with Gasteiger partial charge in [0, 0.05) is 0 Å². The number of carbonyl (C=O) groups excluding carboxylic acids is 1. The van der Waals surface area contributed by atoms with Gasteiger partial charge in [-0.2, -0.15) is 13.2 Å². The van der Waals surface area contributed by atoms with E-state index in [2.05, 4.69) is 20.7 Å². The third kappa shape index (κ3) is 3.58. The smallest absolute Gasteiger partial charge is 0.425 e. The van der Waals surface area contributed by atoms with Crippen LogP contribution in [0.4, 0.5) is 17.6 Å². The van der Waals surface area contributed by atoms with Crippen LogP contribution in [0.15, 0.2) is 16.6 Å². The minimum atomic E-state index is -4.60. The molecule has 0 aliphatic carbocycles. The highest BCUT2D eigenvalue weighted by atomic mass is 79.9. The first-order valence-corrected chi connectivity index (χ1v) is 5.72. The normalized spacial score (nSPS) is 13.3. The second-order valence-electron chi connectivity index (χ2n) is 3.34. The summed E-state index contributed by atoms with van der Waals surface area (Å²) in [6.45, 7) is 0.764. The molecule has 0 aromatic heterocycles. The van der Waals surface area contributed by atoms with Crippen LogP contribution in [0.1, 0.15) is 17.3 Å². The molecule has 0 aliphatic heterocycles. The first-order chi connectivity index (χ1) is 8.12. The molecule has 0 fully saturated rings. The van der Waals surface area contributed by atoms with E-state index in [9.17, 15) is 22.4 Å². The Hall–Kier alpha value is -0.820. The Labute approximate surface area is 113 Å². The number of carbonyl (C=O) groups is 1. The fourth-order valence-corrected chi connectivity index (χ4v) is 1.51. The number of benzene rings is 1. The van der Waals surface area contributed by atoms with E-state index in [0.29, 0.717) is 6.07 Å². The molecule has 0 unspecified atom stereocenters. The van der Waals surface area contributed by atoms with E-state index in [1.54, 1.807) is 0 Å². The summed E-state index contributed by atoms with van der Waals surface area (Å²) in [6.07, 6.45) is -6.75. The van der Waals surface area contributed by atoms with Crippen LogP contribution < -0.4 is 4.74 Å². The van der Waals surface area contributed by atoms with Crippen molar-refractivity contribution in [3.05, 3.63) is 28.0 Å². The van der Waals surface area contributed by atoms with Crippen LogP contribution in [0.5, 0.6) is 5.75 Å². The zero-order valence-electron chi connectivity index (χ0n) is 8.82. The molecule has 0 radical (unpaired) electrons. The molecule has 100 valence electrons. The maximum Gasteiger partial charge on any atom is 0.425 e. The van der Waals surface area contributed by atoms with Crippen molar-refractivity contribution in [3.63, 3.8) is 0 Å². The molecule has 1 atom stereocenters. The first-order valence-electron chi connectivity index (χ1n) is 4.55. The van der Waals surface area contributed by atoms with Gasteiger partial charge in [0.15, 0.2) is 6.10 Å². The van der Waals surface area contributed by atoms with E-state index < -0.39 is 34.7 Å². The zero-order chi connectivity index (χ0) is 14.1. The van der Waals surface area contributed by atoms with Crippen LogP contribution in [0.3, 0.4) is 0 Å².